The quantitative estimate of drug-likeness (QED) is 0.932. The van der Waals surface area contributed by atoms with E-state index in [1.54, 1.807) is 19.2 Å². The Morgan fingerprint density at radius 3 is 2.85 bits per heavy atom. The average Bonchev–Trinajstić information content (AvgIpc) is 2.83. The molecule has 0 amide bonds. The maximum atomic E-state index is 13.4. The molecule has 0 spiro atoms. The molecule has 1 aliphatic heterocycles. The van der Waals surface area contributed by atoms with Crippen LogP contribution in [0.15, 0.2) is 36.4 Å². The van der Waals surface area contributed by atoms with E-state index < -0.39 is 0 Å². The first-order chi connectivity index (χ1) is 9.67. The summed E-state index contributed by atoms with van der Waals surface area (Å²) in [6.07, 6.45) is 0.909. The van der Waals surface area contributed by atoms with Crippen molar-refractivity contribution in [1.29, 1.82) is 0 Å². The summed E-state index contributed by atoms with van der Waals surface area (Å²) < 4.78 is 18.4. The normalized spacial score (nSPS) is 13.4. The van der Waals surface area contributed by atoms with Crippen LogP contribution in [0.4, 0.5) is 10.1 Å². The molecule has 3 nitrogen and oxygen atoms in total. The number of methoxy groups -OCH3 is 1. The number of benzene rings is 2. The molecule has 0 bridgehead atoms. The number of aromatic hydroxyl groups is 1. The molecule has 0 fully saturated rings. The van der Waals surface area contributed by atoms with Gasteiger partial charge in [-0.15, -0.1) is 0 Å². The maximum absolute atomic E-state index is 13.4. The third-order valence-electron chi connectivity index (χ3n) is 3.69. The molecule has 0 saturated heterocycles. The number of hydrogen-bond acceptors (Lipinski definition) is 3. The van der Waals surface area contributed by atoms with E-state index in [4.69, 9.17) is 4.74 Å². The van der Waals surface area contributed by atoms with Gasteiger partial charge in [0.05, 0.1) is 7.11 Å². The van der Waals surface area contributed by atoms with E-state index in [1.807, 2.05) is 18.2 Å². The Morgan fingerprint density at radius 2 is 2.10 bits per heavy atom. The van der Waals surface area contributed by atoms with E-state index in [0.29, 0.717) is 12.3 Å². The van der Waals surface area contributed by atoms with Crippen molar-refractivity contribution in [3.63, 3.8) is 0 Å². The van der Waals surface area contributed by atoms with E-state index in [0.717, 1.165) is 29.8 Å². The van der Waals surface area contributed by atoms with Crippen LogP contribution in [-0.2, 0) is 13.0 Å². The van der Waals surface area contributed by atoms with Gasteiger partial charge in [-0.3, -0.25) is 0 Å². The lowest BCUT2D eigenvalue weighted by atomic mass is 10.1. The fourth-order valence-electron chi connectivity index (χ4n) is 2.59. The lowest BCUT2D eigenvalue weighted by Crippen LogP contribution is -2.19. The molecule has 0 atom stereocenters. The minimum Gasteiger partial charge on any atom is -0.507 e. The zero-order chi connectivity index (χ0) is 14.1. The second kappa shape index (κ2) is 5.04. The molecule has 0 aliphatic carbocycles. The molecule has 1 aliphatic rings. The highest BCUT2D eigenvalue weighted by atomic mass is 19.1. The van der Waals surface area contributed by atoms with Gasteiger partial charge in [-0.05, 0) is 36.2 Å². The van der Waals surface area contributed by atoms with Crippen molar-refractivity contribution >= 4 is 5.69 Å². The Balaban J connectivity index is 1.85. The third kappa shape index (κ3) is 2.29. The van der Waals surface area contributed by atoms with Crippen molar-refractivity contribution in [2.45, 2.75) is 13.0 Å². The Hall–Kier alpha value is -2.23. The summed E-state index contributed by atoms with van der Waals surface area (Å²) in [5.41, 5.74) is 2.88. The standard InChI is InChI=1S/C16H16FNO2/c1-20-14-5-3-12(16(19)9-14)10-18-7-6-11-2-4-13(17)8-15(11)18/h2-5,8-9,19H,6-7,10H2,1H3. The highest BCUT2D eigenvalue weighted by Crippen LogP contribution is 2.32. The monoisotopic (exact) mass is 273 g/mol. The van der Waals surface area contributed by atoms with Crippen molar-refractivity contribution in [3.8, 4) is 11.5 Å². The summed E-state index contributed by atoms with van der Waals surface area (Å²) in [7, 11) is 1.56. The van der Waals surface area contributed by atoms with Gasteiger partial charge in [0.15, 0.2) is 0 Å². The van der Waals surface area contributed by atoms with Gasteiger partial charge in [0.25, 0.3) is 0 Å². The Bertz CT molecular complexity index is 642. The number of halogens is 1. The van der Waals surface area contributed by atoms with Crippen LogP contribution < -0.4 is 9.64 Å². The number of rotatable bonds is 3. The highest BCUT2D eigenvalue weighted by Gasteiger charge is 2.20. The number of hydrogen-bond donors (Lipinski definition) is 1. The zero-order valence-electron chi connectivity index (χ0n) is 11.3. The summed E-state index contributed by atoms with van der Waals surface area (Å²) in [5, 5.41) is 10.0. The minimum atomic E-state index is -0.227. The van der Waals surface area contributed by atoms with Crippen LogP contribution in [0.5, 0.6) is 11.5 Å². The fraction of sp³-hybridized carbons (Fsp3) is 0.250. The maximum Gasteiger partial charge on any atom is 0.125 e. The topological polar surface area (TPSA) is 32.7 Å². The summed E-state index contributed by atoms with van der Waals surface area (Å²) in [6.45, 7) is 1.40. The van der Waals surface area contributed by atoms with Gasteiger partial charge in [0.2, 0.25) is 0 Å². The van der Waals surface area contributed by atoms with E-state index in [1.165, 1.54) is 6.07 Å². The Morgan fingerprint density at radius 1 is 1.25 bits per heavy atom. The lowest BCUT2D eigenvalue weighted by molar-refractivity contribution is 0.406. The van der Waals surface area contributed by atoms with Crippen LogP contribution >= 0.6 is 0 Å². The van der Waals surface area contributed by atoms with Gasteiger partial charge in [0.1, 0.15) is 17.3 Å². The van der Waals surface area contributed by atoms with E-state index in [9.17, 15) is 9.50 Å². The molecular formula is C16H16FNO2. The molecule has 1 N–H and O–H groups in total. The minimum absolute atomic E-state index is 0.203. The van der Waals surface area contributed by atoms with Crippen LogP contribution in [0.25, 0.3) is 0 Å². The molecule has 104 valence electrons. The highest BCUT2D eigenvalue weighted by molar-refractivity contribution is 5.59. The first-order valence-electron chi connectivity index (χ1n) is 6.56. The molecule has 1 heterocycles. The molecule has 20 heavy (non-hydrogen) atoms. The van der Waals surface area contributed by atoms with Crippen LogP contribution in [-0.4, -0.2) is 18.8 Å². The summed E-state index contributed by atoms with van der Waals surface area (Å²) >= 11 is 0. The van der Waals surface area contributed by atoms with Gasteiger partial charge < -0.3 is 14.7 Å². The first kappa shape index (κ1) is 12.8. The van der Waals surface area contributed by atoms with Gasteiger partial charge >= 0.3 is 0 Å². The van der Waals surface area contributed by atoms with E-state index in [2.05, 4.69) is 4.90 Å². The van der Waals surface area contributed by atoms with Crippen molar-refractivity contribution in [2.24, 2.45) is 0 Å². The summed E-state index contributed by atoms with van der Waals surface area (Å²) in [6, 6.07) is 10.1. The van der Waals surface area contributed by atoms with Crippen molar-refractivity contribution < 1.29 is 14.2 Å². The smallest absolute Gasteiger partial charge is 0.125 e. The number of fused-ring (bicyclic) bond motifs is 1. The predicted molar refractivity (Wildman–Crippen MR) is 75.8 cm³/mol. The van der Waals surface area contributed by atoms with E-state index in [-0.39, 0.29) is 11.6 Å². The fourth-order valence-corrected chi connectivity index (χ4v) is 2.59. The van der Waals surface area contributed by atoms with Crippen LogP contribution in [0, 0.1) is 5.82 Å². The van der Waals surface area contributed by atoms with E-state index >= 15 is 0 Å². The molecule has 2 aromatic rings. The zero-order valence-corrected chi connectivity index (χ0v) is 11.3. The van der Waals surface area contributed by atoms with Crippen molar-refractivity contribution in [3.05, 3.63) is 53.3 Å². The number of phenols is 1. The lowest BCUT2D eigenvalue weighted by Gasteiger charge is -2.20. The van der Waals surface area contributed by atoms with Crippen LogP contribution in [0.2, 0.25) is 0 Å². The Kier molecular flexibility index (Phi) is 3.22. The second-order valence-electron chi connectivity index (χ2n) is 4.94. The number of phenolic OH excluding ortho intramolecular Hbond substituents is 1. The predicted octanol–water partition coefficient (Wildman–Crippen LogP) is 3.10. The first-order valence-corrected chi connectivity index (χ1v) is 6.56. The average molecular weight is 273 g/mol. The SMILES string of the molecule is COc1ccc(CN2CCc3ccc(F)cc32)c(O)c1. The van der Waals surface area contributed by atoms with Crippen LogP contribution in [0.3, 0.4) is 0 Å². The number of anilines is 1. The van der Waals surface area contributed by atoms with Crippen LogP contribution in [0.1, 0.15) is 11.1 Å². The molecule has 2 aromatic carbocycles. The summed E-state index contributed by atoms with van der Waals surface area (Å²) in [4.78, 5) is 2.08. The van der Waals surface area contributed by atoms with Gasteiger partial charge in [-0.25, -0.2) is 4.39 Å². The molecular weight excluding hydrogens is 257 g/mol. The largest absolute Gasteiger partial charge is 0.507 e. The van der Waals surface area contributed by atoms with Crippen molar-refractivity contribution in [1.82, 2.24) is 0 Å². The summed E-state index contributed by atoms with van der Waals surface area (Å²) in [5.74, 6) is 0.600. The third-order valence-corrected chi connectivity index (χ3v) is 3.69. The molecule has 0 unspecified atom stereocenters. The van der Waals surface area contributed by atoms with Gasteiger partial charge in [0, 0.05) is 30.4 Å². The molecule has 4 heteroatoms. The van der Waals surface area contributed by atoms with Gasteiger partial charge in [-0.2, -0.15) is 0 Å². The molecule has 0 aromatic heterocycles. The number of ether oxygens (including phenoxy) is 1. The molecule has 0 saturated carbocycles. The Labute approximate surface area is 117 Å². The molecule has 3 rings (SSSR count). The van der Waals surface area contributed by atoms with Crippen molar-refractivity contribution in [2.75, 3.05) is 18.6 Å². The number of nitrogens with zero attached hydrogens (tertiary/aromatic N) is 1. The van der Waals surface area contributed by atoms with Gasteiger partial charge in [-0.1, -0.05) is 6.07 Å². The second-order valence-corrected chi connectivity index (χ2v) is 4.94. The molecule has 0 radical (unpaired) electrons.